The van der Waals surface area contributed by atoms with Crippen molar-refractivity contribution in [3.05, 3.63) is 23.0 Å². The molecule has 0 atom stereocenters. The van der Waals surface area contributed by atoms with E-state index in [1.54, 1.807) is 13.8 Å². The maximum atomic E-state index is 11.2. The highest BCUT2D eigenvalue weighted by atomic mass is 16.1. The Balaban J connectivity index is 2.80. The van der Waals surface area contributed by atoms with Crippen molar-refractivity contribution < 1.29 is 4.79 Å². The van der Waals surface area contributed by atoms with Gasteiger partial charge in [0.1, 0.15) is 0 Å². The van der Waals surface area contributed by atoms with Gasteiger partial charge in [0.05, 0.1) is 5.54 Å². The van der Waals surface area contributed by atoms with E-state index in [-0.39, 0.29) is 5.91 Å². The number of aromatic nitrogens is 1. The molecule has 0 bridgehead atoms. The molecule has 1 amide bonds. The van der Waals surface area contributed by atoms with E-state index < -0.39 is 5.54 Å². The molecule has 4 heteroatoms. The Kier molecular flexibility index (Phi) is 3.98. The van der Waals surface area contributed by atoms with E-state index in [9.17, 15) is 4.79 Å². The lowest BCUT2D eigenvalue weighted by Gasteiger charge is -2.22. The molecule has 1 heterocycles. The Hall–Kier alpha value is -1.29. The van der Waals surface area contributed by atoms with E-state index >= 15 is 0 Å². The molecule has 0 aliphatic heterocycles. The zero-order valence-electron chi connectivity index (χ0n) is 11.4. The van der Waals surface area contributed by atoms with Crippen LogP contribution in [0.1, 0.15) is 37.7 Å². The highest BCUT2D eigenvalue weighted by molar-refractivity contribution is 5.83. The van der Waals surface area contributed by atoms with Crippen molar-refractivity contribution in [3.63, 3.8) is 0 Å². The van der Waals surface area contributed by atoms with Crippen molar-refractivity contribution in [2.45, 2.75) is 53.2 Å². The first-order chi connectivity index (χ1) is 7.79. The summed E-state index contributed by atoms with van der Waals surface area (Å²) in [5.74, 6) is -0.332. The molecular formula is C13H23N3O. The number of hydrogen-bond donors (Lipinski definition) is 2. The molecule has 96 valence electrons. The Morgan fingerprint density at radius 3 is 2.47 bits per heavy atom. The van der Waals surface area contributed by atoms with Crippen LogP contribution in [0, 0.1) is 13.8 Å². The summed E-state index contributed by atoms with van der Waals surface area (Å²) in [6, 6.07) is 2.16. The van der Waals surface area contributed by atoms with Gasteiger partial charge in [0, 0.05) is 24.5 Å². The van der Waals surface area contributed by atoms with Gasteiger partial charge in [0.15, 0.2) is 0 Å². The van der Waals surface area contributed by atoms with Crippen molar-refractivity contribution in [1.82, 2.24) is 9.88 Å². The van der Waals surface area contributed by atoms with Crippen LogP contribution in [0.15, 0.2) is 6.07 Å². The van der Waals surface area contributed by atoms with Crippen LogP contribution in [0.25, 0.3) is 0 Å². The quantitative estimate of drug-likeness (QED) is 0.815. The molecule has 17 heavy (non-hydrogen) atoms. The molecule has 0 radical (unpaired) electrons. The van der Waals surface area contributed by atoms with Crippen molar-refractivity contribution >= 4 is 5.91 Å². The summed E-state index contributed by atoms with van der Waals surface area (Å²) in [5, 5.41) is 3.19. The van der Waals surface area contributed by atoms with Crippen LogP contribution < -0.4 is 11.1 Å². The molecule has 3 N–H and O–H groups in total. The summed E-state index contributed by atoms with van der Waals surface area (Å²) in [6.45, 7) is 11.6. The van der Waals surface area contributed by atoms with Crippen molar-refractivity contribution in [2.75, 3.05) is 0 Å². The third-order valence-electron chi connectivity index (χ3n) is 3.33. The van der Waals surface area contributed by atoms with Crippen LogP contribution >= 0.6 is 0 Å². The van der Waals surface area contributed by atoms with E-state index in [4.69, 9.17) is 5.73 Å². The molecule has 0 saturated heterocycles. The lowest BCUT2D eigenvalue weighted by Crippen LogP contribution is -2.50. The number of nitrogens with zero attached hydrogens (tertiary/aromatic N) is 1. The summed E-state index contributed by atoms with van der Waals surface area (Å²) in [6.07, 6.45) is 0. The van der Waals surface area contributed by atoms with Crippen molar-refractivity contribution in [3.8, 4) is 0 Å². The third kappa shape index (κ3) is 2.88. The number of aryl methyl sites for hydroxylation is 1. The summed E-state index contributed by atoms with van der Waals surface area (Å²) in [7, 11) is 0. The van der Waals surface area contributed by atoms with Crippen LogP contribution in [0.4, 0.5) is 0 Å². The summed E-state index contributed by atoms with van der Waals surface area (Å²) < 4.78 is 2.26. The van der Waals surface area contributed by atoms with E-state index in [0.717, 1.165) is 6.54 Å². The number of carbonyl (C=O) groups excluding carboxylic acids is 1. The van der Waals surface area contributed by atoms with Crippen LogP contribution in [-0.2, 0) is 17.9 Å². The molecule has 1 aromatic heterocycles. The molecule has 0 aliphatic carbocycles. The zero-order valence-corrected chi connectivity index (χ0v) is 11.4. The van der Waals surface area contributed by atoms with Crippen LogP contribution in [-0.4, -0.2) is 16.0 Å². The first kappa shape index (κ1) is 13.8. The highest BCUT2D eigenvalue weighted by Crippen LogP contribution is 2.15. The number of hydrogen-bond acceptors (Lipinski definition) is 2. The van der Waals surface area contributed by atoms with Gasteiger partial charge in [-0.2, -0.15) is 0 Å². The molecule has 0 unspecified atom stereocenters. The minimum atomic E-state index is -0.672. The Morgan fingerprint density at radius 1 is 1.47 bits per heavy atom. The number of amides is 1. The first-order valence-corrected chi connectivity index (χ1v) is 6.00. The molecule has 0 spiro atoms. The SMILES string of the molecule is CCn1c(C)cc(CNC(C)(C)C(N)=O)c1C. The van der Waals surface area contributed by atoms with Crippen LogP contribution in [0.3, 0.4) is 0 Å². The molecular weight excluding hydrogens is 214 g/mol. The second-order valence-corrected chi connectivity index (χ2v) is 4.98. The van der Waals surface area contributed by atoms with Gasteiger partial charge in [-0.1, -0.05) is 0 Å². The van der Waals surface area contributed by atoms with Gasteiger partial charge in [-0.25, -0.2) is 0 Å². The third-order valence-corrected chi connectivity index (χ3v) is 3.33. The lowest BCUT2D eigenvalue weighted by molar-refractivity contribution is -0.123. The first-order valence-electron chi connectivity index (χ1n) is 6.00. The summed E-state index contributed by atoms with van der Waals surface area (Å²) >= 11 is 0. The molecule has 4 nitrogen and oxygen atoms in total. The summed E-state index contributed by atoms with van der Waals surface area (Å²) in [5.41, 5.74) is 8.37. The van der Waals surface area contributed by atoms with Gasteiger partial charge in [0.2, 0.25) is 5.91 Å². The predicted octanol–water partition coefficient (Wildman–Crippen LogP) is 1.48. The fourth-order valence-electron chi connectivity index (χ4n) is 1.94. The van der Waals surface area contributed by atoms with Crippen LogP contribution in [0.2, 0.25) is 0 Å². The molecule has 0 saturated carbocycles. The smallest absolute Gasteiger partial charge is 0.237 e. The zero-order chi connectivity index (χ0) is 13.2. The maximum absolute atomic E-state index is 11.2. The van der Waals surface area contributed by atoms with Gasteiger partial charge >= 0.3 is 0 Å². The number of primary amides is 1. The lowest BCUT2D eigenvalue weighted by atomic mass is 10.0. The second kappa shape index (κ2) is 4.92. The van der Waals surface area contributed by atoms with Gasteiger partial charge < -0.3 is 10.3 Å². The van der Waals surface area contributed by atoms with E-state index in [0.29, 0.717) is 6.54 Å². The van der Waals surface area contributed by atoms with E-state index in [1.807, 2.05) is 0 Å². The van der Waals surface area contributed by atoms with Gasteiger partial charge in [-0.05, 0) is 46.2 Å². The number of nitrogens with one attached hydrogen (secondary N) is 1. The standard InChI is InChI=1S/C13H23N3O/c1-6-16-9(2)7-11(10(16)3)8-15-13(4,5)12(14)17/h7,15H,6,8H2,1-5H3,(H2,14,17). The number of nitrogens with two attached hydrogens (primary N) is 1. The van der Waals surface area contributed by atoms with E-state index in [1.165, 1.54) is 17.0 Å². The summed E-state index contributed by atoms with van der Waals surface area (Å²) in [4.78, 5) is 11.2. The average molecular weight is 237 g/mol. The van der Waals surface area contributed by atoms with Crippen molar-refractivity contribution in [1.29, 1.82) is 0 Å². The van der Waals surface area contributed by atoms with E-state index in [2.05, 4.69) is 36.7 Å². The minimum Gasteiger partial charge on any atom is -0.368 e. The van der Waals surface area contributed by atoms with Gasteiger partial charge in [-0.3, -0.25) is 10.1 Å². The fourth-order valence-corrected chi connectivity index (χ4v) is 1.94. The molecule has 1 rings (SSSR count). The van der Waals surface area contributed by atoms with Crippen LogP contribution in [0.5, 0.6) is 0 Å². The highest BCUT2D eigenvalue weighted by Gasteiger charge is 2.24. The van der Waals surface area contributed by atoms with Gasteiger partial charge in [0.25, 0.3) is 0 Å². The Morgan fingerprint density at radius 2 is 2.06 bits per heavy atom. The second-order valence-electron chi connectivity index (χ2n) is 4.98. The fraction of sp³-hybridized carbons (Fsp3) is 0.615. The molecule has 0 aliphatic rings. The molecule has 1 aromatic rings. The maximum Gasteiger partial charge on any atom is 0.237 e. The minimum absolute atomic E-state index is 0.332. The predicted molar refractivity (Wildman–Crippen MR) is 69.7 cm³/mol. The number of carbonyl (C=O) groups is 1. The number of rotatable bonds is 5. The van der Waals surface area contributed by atoms with Crippen molar-refractivity contribution in [2.24, 2.45) is 5.73 Å². The Labute approximate surface area is 103 Å². The normalized spacial score (nSPS) is 11.8. The Bertz CT molecular complexity index is 419. The average Bonchev–Trinajstić information content (AvgIpc) is 2.50. The molecule has 0 aromatic carbocycles. The largest absolute Gasteiger partial charge is 0.368 e. The topological polar surface area (TPSA) is 60.1 Å². The molecule has 0 fully saturated rings. The van der Waals surface area contributed by atoms with Gasteiger partial charge in [-0.15, -0.1) is 0 Å². The monoisotopic (exact) mass is 237 g/mol.